The Kier molecular flexibility index (Phi) is 5.18. The van der Waals surface area contributed by atoms with Gasteiger partial charge in [-0.2, -0.15) is 5.10 Å². The maximum absolute atomic E-state index is 6.03. The molecule has 114 valence electrons. The van der Waals surface area contributed by atoms with Crippen molar-refractivity contribution in [3.63, 3.8) is 0 Å². The zero-order valence-electron chi connectivity index (χ0n) is 13.3. The Balaban J connectivity index is 2.05. The zero-order chi connectivity index (χ0) is 14.7. The molecule has 0 aliphatic carbocycles. The fraction of sp³-hybridized carbons (Fsp3) is 0.800. The molecule has 1 aromatic rings. The van der Waals surface area contributed by atoms with Crippen molar-refractivity contribution < 1.29 is 0 Å². The van der Waals surface area contributed by atoms with Crippen molar-refractivity contribution in [2.45, 2.75) is 38.8 Å². The summed E-state index contributed by atoms with van der Waals surface area (Å²) in [6, 6.07) is 0.944. The predicted octanol–water partition coefficient (Wildman–Crippen LogP) is 1.14. The molecule has 0 saturated carbocycles. The third-order valence-corrected chi connectivity index (χ3v) is 4.57. The fourth-order valence-electron chi connectivity index (χ4n) is 3.47. The molecular weight excluding hydrogens is 250 g/mol. The van der Waals surface area contributed by atoms with Crippen LogP contribution >= 0.6 is 0 Å². The van der Waals surface area contributed by atoms with E-state index in [1.165, 1.54) is 24.9 Å². The number of likely N-dealkylation sites (N-methyl/N-ethyl adjacent to an activating group) is 2. The summed E-state index contributed by atoms with van der Waals surface area (Å²) >= 11 is 0. The molecule has 1 aliphatic heterocycles. The summed E-state index contributed by atoms with van der Waals surface area (Å²) in [5.41, 5.74) is 8.39. The first-order chi connectivity index (χ1) is 9.56. The van der Waals surface area contributed by atoms with Crippen molar-refractivity contribution in [3.8, 4) is 0 Å². The zero-order valence-corrected chi connectivity index (χ0v) is 13.3. The largest absolute Gasteiger partial charge is 0.329 e. The molecule has 1 saturated heterocycles. The number of hydrogen-bond acceptors (Lipinski definition) is 4. The molecule has 0 aromatic carbocycles. The van der Waals surface area contributed by atoms with Crippen LogP contribution in [-0.2, 0) is 7.05 Å². The van der Waals surface area contributed by atoms with Crippen LogP contribution in [0.5, 0.6) is 0 Å². The molecule has 1 fully saturated rings. The standard InChI is InChI=1S/C15H29N5/c1-5-20-8-6-7-13(20)10-18(3)15(9-16)14-11-19(4)17-12(14)2/h11,13,15H,5-10,16H2,1-4H3. The number of likely N-dealkylation sites (tertiary alicyclic amines) is 1. The smallest absolute Gasteiger partial charge is 0.0641 e. The molecule has 0 spiro atoms. The number of rotatable bonds is 6. The number of aromatic nitrogens is 2. The second kappa shape index (κ2) is 6.70. The lowest BCUT2D eigenvalue weighted by molar-refractivity contribution is 0.165. The van der Waals surface area contributed by atoms with Gasteiger partial charge in [0.05, 0.1) is 11.7 Å². The van der Waals surface area contributed by atoms with E-state index in [4.69, 9.17) is 5.73 Å². The average molecular weight is 279 g/mol. The monoisotopic (exact) mass is 279 g/mol. The van der Waals surface area contributed by atoms with Gasteiger partial charge in [-0.05, 0) is 39.9 Å². The quantitative estimate of drug-likeness (QED) is 0.848. The van der Waals surface area contributed by atoms with Gasteiger partial charge in [0.25, 0.3) is 0 Å². The van der Waals surface area contributed by atoms with Crippen molar-refractivity contribution in [2.24, 2.45) is 12.8 Å². The van der Waals surface area contributed by atoms with E-state index in [2.05, 4.69) is 42.0 Å². The Labute approximate surface area is 122 Å². The van der Waals surface area contributed by atoms with Crippen LogP contribution in [0.2, 0.25) is 0 Å². The Morgan fingerprint density at radius 1 is 1.55 bits per heavy atom. The Hall–Kier alpha value is -0.910. The van der Waals surface area contributed by atoms with Gasteiger partial charge in [0.2, 0.25) is 0 Å². The van der Waals surface area contributed by atoms with Crippen molar-refractivity contribution in [3.05, 3.63) is 17.5 Å². The Bertz CT molecular complexity index is 428. The summed E-state index contributed by atoms with van der Waals surface area (Å²) in [6.45, 7) is 8.45. The van der Waals surface area contributed by atoms with Crippen LogP contribution < -0.4 is 5.73 Å². The third-order valence-electron chi connectivity index (χ3n) is 4.57. The molecule has 5 nitrogen and oxygen atoms in total. The highest BCUT2D eigenvalue weighted by Crippen LogP contribution is 2.24. The van der Waals surface area contributed by atoms with E-state index in [0.717, 1.165) is 18.8 Å². The summed E-state index contributed by atoms with van der Waals surface area (Å²) in [5, 5.41) is 4.45. The molecule has 0 radical (unpaired) electrons. The minimum Gasteiger partial charge on any atom is -0.329 e. The van der Waals surface area contributed by atoms with Crippen LogP contribution in [0.4, 0.5) is 0 Å². The Morgan fingerprint density at radius 2 is 2.30 bits per heavy atom. The number of nitrogens with two attached hydrogens (primary N) is 1. The SMILES string of the molecule is CCN1CCCC1CN(C)C(CN)c1cn(C)nc1C. The van der Waals surface area contributed by atoms with E-state index >= 15 is 0 Å². The van der Waals surface area contributed by atoms with Crippen LogP contribution in [-0.4, -0.2) is 58.8 Å². The predicted molar refractivity (Wildman–Crippen MR) is 82.6 cm³/mol. The van der Waals surface area contributed by atoms with Crippen molar-refractivity contribution in [2.75, 3.05) is 33.2 Å². The van der Waals surface area contributed by atoms with Crippen LogP contribution in [0.25, 0.3) is 0 Å². The first-order valence-corrected chi connectivity index (χ1v) is 7.71. The van der Waals surface area contributed by atoms with Gasteiger partial charge in [-0.3, -0.25) is 14.5 Å². The van der Waals surface area contributed by atoms with Gasteiger partial charge in [-0.15, -0.1) is 0 Å². The number of aryl methyl sites for hydroxylation is 2. The molecule has 2 atom stereocenters. The third kappa shape index (κ3) is 3.22. The first-order valence-electron chi connectivity index (χ1n) is 7.71. The van der Waals surface area contributed by atoms with Gasteiger partial charge >= 0.3 is 0 Å². The van der Waals surface area contributed by atoms with Gasteiger partial charge in [0, 0.05) is 37.9 Å². The molecule has 2 N–H and O–H groups in total. The van der Waals surface area contributed by atoms with E-state index < -0.39 is 0 Å². The molecule has 2 heterocycles. The maximum Gasteiger partial charge on any atom is 0.0641 e. The number of hydrogen-bond donors (Lipinski definition) is 1. The minimum absolute atomic E-state index is 0.267. The molecule has 20 heavy (non-hydrogen) atoms. The highest BCUT2D eigenvalue weighted by molar-refractivity contribution is 5.20. The molecule has 1 aliphatic rings. The van der Waals surface area contributed by atoms with E-state index in [0.29, 0.717) is 12.6 Å². The normalized spacial score (nSPS) is 21.8. The molecule has 5 heteroatoms. The topological polar surface area (TPSA) is 50.3 Å². The fourth-order valence-corrected chi connectivity index (χ4v) is 3.47. The van der Waals surface area contributed by atoms with Gasteiger partial charge < -0.3 is 5.73 Å². The van der Waals surface area contributed by atoms with E-state index in [9.17, 15) is 0 Å². The maximum atomic E-state index is 6.03. The van der Waals surface area contributed by atoms with Crippen molar-refractivity contribution in [1.82, 2.24) is 19.6 Å². The van der Waals surface area contributed by atoms with Crippen LogP contribution in [0.15, 0.2) is 6.20 Å². The van der Waals surface area contributed by atoms with Crippen LogP contribution in [0, 0.1) is 6.92 Å². The van der Waals surface area contributed by atoms with E-state index in [1.54, 1.807) is 0 Å². The van der Waals surface area contributed by atoms with Gasteiger partial charge in [-0.1, -0.05) is 6.92 Å². The van der Waals surface area contributed by atoms with Gasteiger partial charge in [0.15, 0.2) is 0 Å². The summed E-state index contributed by atoms with van der Waals surface area (Å²) in [7, 11) is 4.16. The van der Waals surface area contributed by atoms with Crippen LogP contribution in [0.3, 0.4) is 0 Å². The molecule has 0 amide bonds. The summed E-state index contributed by atoms with van der Waals surface area (Å²) in [5.74, 6) is 0. The lowest BCUT2D eigenvalue weighted by Crippen LogP contribution is -2.41. The Morgan fingerprint density at radius 3 is 2.85 bits per heavy atom. The average Bonchev–Trinajstić information content (AvgIpc) is 2.97. The highest BCUT2D eigenvalue weighted by Gasteiger charge is 2.27. The van der Waals surface area contributed by atoms with E-state index in [-0.39, 0.29) is 6.04 Å². The summed E-state index contributed by atoms with van der Waals surface area (Å²) in [4.78, 5) is 4.99. The van der Waals surface area contributed by atoms with E-state index in [1.807, 2.05) is 11.7 Å². The first kappa shape index (κ1) is 15.5. The minimum atomic E-state index is 0.267. The van der Waals surface area contributed by atoms with Crippen molar-refractivity contribution in [1.29, 1.82) is 0 Å². The highest BCUT2D eigenvalue weighted by atomic mass is 15.3. The van der Waals surface area contributed by atoms with Crippen LogP contribution in [0.1, 0.15) is 37.1 Å². The lowest BCUT2D eigenvalue weighted by atomic mass is 10.1. The number of nitrogens with zero attached hydrogens (tertiary/aromatic N) is 4. The molecule has 2 rings (SSSR count). The molecule has 1 aromatic heterocycles. The molecular formula is C15H29N5. The van der Waals surface area contributed by atoms with Gasteiger partial charge in [0.1, 0.15) is 0 Å². The summed E-state index contributed by atoms with van der Waals surface area (Å²) < 4.78 is 1.88. The second-order valence-corrected chi connectivity index (χ2v) is 5.96. The van der Waals surface area contributed by atoms with Gasteiger partial charge in [-0.25, -0.2) is 0 Å². The molecule has 0 bridgehead atoms. The summed E-state index contributed by atoms with van der Waals surface area (Å²) in [6.07, 6.45) is 4.74. The van der Waals surface area contributed by atoms with Crippen molar-refractivity contribution >= 4 is 0 Å². The second-order valence-electron chi connectivity index (χ2n) is 5.96. The lowest BCUT2D eigenvalue weighted by Gasteiger charge is -2.32. The molecule has 2 unspecified atom stereocenters.